The van der Waals surface area contributed by atoms with E-state index in [9.17, 15) is 8.78 Å². The molecule has 76 valence electrons. The van der Waals surface area contributed by atoms with E-state index in [2.05, 4.69) is 15.3 Å². The number of halogens is 3. The van der Waals surface area contributed by atoms with Crippen LogP contribution in [0.15, 0.2) is 0 Å². The van der Waals surface area contributed by atoms with Gasteiger partial charge in [-0.2, -0.15) is 8.78 Å². The Morgan fingerprint density at radius 3 is 2.79 bits per heavy atom. The van der Waals surface area contributed by atoms with Gasteiger partial charge in [0.25, 0.3) is 5.92 Å². The number of nitrogens with one attached hydrogen (secondary N) is 1. The Kier molecular flexibility index (Phi) is 2.06. The maximum atomic E-state index is 13.3. The quantitative estimate of drug-likeness (QED) is 0.736. The zero-order chi connectivity index (χ0) is 10.3. The first-order chi connectivity index (χ1) is 6.54. The zero-order valence-corrected chi connectivity index (χ0v) is 8.20. The Labute approximate surface area is 84.5 Å². The minimum atomic E-state index is -2.87. The smallest absolute Gasteiger partial charge is 0.290 e. The van der Waals surface area contributed by atoms with Gasteiger partial charge in [0.05, 0.1) is 0 Å². The van der Waals surface area contributed by atoms with Gasteiger partial charge in [-0.25, -0.2) is 9.97 Å². The molecule has 0 fully saturated rings. The molecule has 3 nitrogen and oxygen atoms in total. The summed E-state index contributed by atoms with van der Waals surface area (Å²) in [6.07, 6.45) is 0.00899. The molecule has 1 aromatic heterocycles. The Balaban J connectivity index is 2.59. The highest BCUT2D eigenvalue weighted by Crippen LogP contribution is 2.42. The average molecular weight is 220 g/mol. The van der Waals surface area contributed by atoms with Crippen LogP contribution in [-0.4, -0.2) is 17.0 Å². The Bertz CT molecular complexity index is 381. The van der Waals surface area contributed by atoms with Crippen LogP contribution >= 0.6 is 11.6 Å². The fourth-order valence-corrected chi connectivity index (χ4v) is 1.76. The number of rotatable bonds is 1. The molecule has 1 aliphatic rings. The summed E-state index contributed by atoms with van der Waals surface area (Å²) in [5.41, 5.74) is 0.137. The molecule has 0 spiro atoms. The first-order valence-electron chi connectivity index (χ1n) is 4.17. The summed E-state index contributed by atoms with van der Waals surface area (Å²) in [5.74, 6) is -2.73. The molecule has 0 saturated carbocycles. The Morgan fingerprint density at radius 1 is 1.43 bits per heavy atom. The van der Waals surface area contributed by atoms with Gasteiger partial charge in [-0.15, -0.1) is 0 Å². The summed E-state index contributed by atoms with van der Waals surface area (Å²) >= 11 is 5.76. The van der Waals surface area contributed by atoms with E-state index in [1.54, 1.807) is 7.05 Å². The first-order valence-corrected chi connectivity index (χ1v) is 4.55. The molecule has 1 N–H and O–H groups in total. The van der Waals surface area contributed by atoms with Crippen LogP contribution in [0.3, 0.4) is 0 Å². The van der Waals surface area contributed by atoms with Gasteiger partial charge >= 0.3 is 0 Å². The van der Waals surface area contributed by atoms with Crippen molar-refractivity contribution in [2.45, 2.75) is 18.8 Å². The predicted octanol–water partition coefficient (Wildman–Crippen LogP) is 2.21. The second kappa shape index (κ2) is 3.02. The summed E-state index contributed by atoms with van der Waals surface area (Å²) in [6, 6.07) is 0. The van der Waals surface area contributed by atoms with Gasteiger partial charge in [-0.1, -0.05) is 11.6 Å². The molecule has 0 saturated heterocycles. The molecular weight excluding hydrogens is 212 g/mol. The van der Waals surface area contributed by atoms with Crippen LogP contribution in [0, 0.1) is 0 Å². The highest BCUT2D eigenvalue weighted by molar-refractivity contribution is 6.30. The maximum absolute atomic E-state index is 13.3. The summed E-state index contributed by atoms with van der Waals surface area (Å²) < 4.78 is 26.5. The molecule has 0 amide bonds. The van der Waals surface area contributed by atoms with Crippen LogP contribution in [0.2, 0.25) is 5.15 Å². The van der Waals surface area contributed by atoms with Crippen LogP contribution in [0.25, 0.3) is 0 Å². The Morgan fingerprint density at radius 2 is 2.14 bits per heavy atom. The van der Waals surface area contributed by atoms with Crippen molar-refractivity contribution >= 4 is 17.5 Å². The van der Waals surface area contributed by atoms with Crippen LogP contribution in [0.1, 0.15) is 17.7 Å². The molecule has 0 atom stereocenters. The summed E-state index contributed by atoms with van der Waals surface area (Å²) in [4.78, 5) is 7.57. The molecule has 6 heteroatoms. The minimum absolute atomic E-state index is 0.122. The van der Waals surface area contributed by atoms with E-state index in [0.717, 1.165) is 0 Å². The van der Waals surface area contributed by atoms with Crippen LogP contribution in [0.4, 0.5) is 14.7 Å². The van der Waals surface area contributed by atoms with Gasteiger partial charge in [0.1, 0.15) is 10.8 Å². The number of anilines is 1. The lowest BCUT2D eigenvalue weighted by Gasteiger charge is -2.10. The van der Waals surface area contributed by atoms with Crippen molar-refractivity contribution in [3.8, 4) is 0 Å². The van der Waals surface area contributed by atoms with E-state index in [0.29, 0.717) is 5.56 Å². The third kappa shape index (κ3) is 1.32. The molecule has 2 rings (SSSR count). The summed E-state index contributed by atoms with van der Waals surface area (Å²) in [6.45, 7) is 0. The summed E-state index contributed by atoms with van der Waals surface area (Å²) in [7, 11) is 1.56. The van der Waals surface area contributed by atoms with Crippen molar-refractivity contribution in [3.63, 3.8) is 0 Å². The lowest BCUT2D eigenvalue weighted by Crippen LogP contribution is -2.12. The van der Waals surface area contributed by atoms with Crippen molar-refractivity contribution in [1.29, 1.82) is 0 Å². The van der Waals surface area contributed by atoms with E-state index in [4.69, 9.17) is 11.6 Å². The topological polar surface area (TPSA) is 37.8 Å². The normalized spacial score (nSPS) is 18.0. The molecular formula is C8H8ClF2N3. The first kappa shape index (κ1) is 9.58. The predicted molar refractivity (Wildman–Crippen MR) is 48.8 cm³/mol. The van der Waals surface area contributed by atoms with Crippen LogP contribution < -0.4 is 5.32 Å². The summed E-state index contributed by atoms with van der Waals surface area (Å²) in [5, 5.41) is 2.72. The van der Waals surface area contributed by atoms with Gasteiger partial charge in [0.2, 0.25) is 5.95 Å². The standard InChI is InChI=1S/C8H8ClF2N3/c1-12-7-13-5-4(6(9)14-7)2-3-8(5,10)11/h2-3H2,1H3,(H,12,13,14). The van der Waals surface area contributed by atoms with E-state index >= 15 is 0 Å². The van der Waals surface area contributed by atoms with Crippen LogP contribution in [0.5, 0.6) is 0 Å². The van der Waals surface area contributed by atoms with E-state index in [-0.39, 0.29) is 29.6 Å². The molecule has 0 radical (unpaired) electrons. The highest BCUT2D eigenvalue weighted by atomic mass is 35.5. The number of hydrogen-bond donors (Lipinski definition) is 1. The van der Waals surface area contributed by atoms with E-state index < -0.39 is 5.92 Å². The van der Waals surface area contributed by atoms with Gasteiger partial charge in [-0.3, -0.25) is 0 Å². The van der Waals surface area contributed by atoms with Gasteiger partial charge in [0.15, 0.2) is 0 Å². The third-order valence-corrected chi connectivity index (χ3v) is 2.53. The molecule has 14 heavy (non-hydrogen) atoms. The number of fused-ring (bicyclic) bond motifs is 1. The molecule has 0 bridgehead atoms. The molecule has 0 aromatic carbocycles. The minimum Gasteiger partial charge on any atom is -0.357 e. The molecule has 1 aromatic rings. The fraction of sp³-hybridized carbons (Fsp3) is 0.500. The fourth-order valence-electron chi connectivity index (χ4n) is 1.49. The molecule has 1 heterocycles. The SMILES string of the molecule is CNc1nc(Cl)c2c(n1)C(F)(F)CC2. The monoisotopic (exact) mass is 219 g/mol. The largest absolute Gasteiger partial charge is 0.357 e. The molecule has 0 aliphatic heterocycles. The van der Waals surface area contributed by atoms with Crippen molar-refractivity contribution < 1.29 is 8.78 Å². The van der Waals surface area contributed by atoms with E-state index in [1.165, 1.54) is 0 Å². The Hall–Kier alpha value is -0.970. The van der Waals surface area contributed by atoms with Gasteiger partial charge in [0, 0.05) is 19.0 Å². The average Bonchev–Trinajstić information content (AvgIpc) is 2.43. The second-order valence-electron chi connectivity index (χ2n) is 3.12. The lowest BCUT2D eigenvalue weighted by molar-refractivity contribution is -0.00587. The second-order valence-corrected chi connectivity index (χ2v) is 3.48. The molecule has 0 unspecified atom stereocenters. The number of nitrogens with zero attached hydrogens (tertiary/aromatic N) is 2. The van der Waals surface area contributed by atoms with Gasteiger partial charge < -0.3 is 5.32 Å². The zero-order valence-electron chi connectivity index (χ0n) is 7.44. The highest BCUT2D eigenvalue weighted by Gasteiger charge is 2.42. The van der Waals surface area contributed by atoms with E-state index in [1.807, 2.05) is 0 Å². The van der Waals surface area contributed by atoms with Gasteiger partial charge in [-0.05, 0) is 6.42 Å². The van der Waals surface area contributed by atoms with Crippen molar-refractivity contribution in [1.82, 2.24) is 9.97 Å². The third-order valence-electron chi connectivity index (χ3n) is 2.22. The molecule has 1 aliphatic carbocycles. The van der Waals surface area contributed by atoms with Crippen LogP contribution in [-0.2, 0) is 12.3 Å². The maximum Gasteiger partial charge on any atom is 0.290 e. The number of hydrogen-bond acceptors (Lipinski definition) is 3. The van der Waals surface area contributed by atoms with Crippen molar-refractivity contribution in [2.24, 2.45) is 0 Å². The number of alkyl halides is 2. The number of aromatic nitrogens is 2. The van der Waals surface area contributed by atoms with Crippen molar-refractivity contribution in [3.05, 3.63) is 16.4 Å². The lowest BCUT2D eigenvalue weighted by atomic mass is 10.2. The van der Waals surface area contributed by atoms with Crippen molar-refractivity contribution in [2.75, 3.05) is 12.4 Å².